The topological polar surface area (TPSA) is 104 Å². The van der Waals surface area contributed by atoms with Crippen LogP contribution in [0.4, 0.5) is 5.69 Å². The molecule has 9 nitrogen and oxygen atoms in total. The molecule has 1 aromatic carbocycles. The molecule has 1 saturated heterocycles. The number of carbonyl (C=O) groups is 1. The quantitative estimate of drug-likeness (QED) is 0.387. The van der Waals surface area contributed by atoms with E-state index in [1.165, 1.54) is 12.8 Å². The number of imidazole rings is 1. The van der Waals surface area contributed by atoms with E-state index in [4.69, 9.17) is 0 Å². The van der Waals surface area contributed by atoms with Crippen LogP contribution in [0, 0.1) is 23.2 Å². The molecule has 1 N–H and O–H groups in total. The summed E-state index contributed by atoms with van der Waals surface area (Å²) in [6, 6.07) is 12.4. The molecule has 0 spiro atoms. The van der Waals surface area contributed by atoms with E-state index in [2.05, 4.69) is 50.7 Å². The van der Waals surface area contributed by atoms with Crippen LogP contribution in [-0.2, 0) is 25.4 Å². The number of aromatic nitrogens is 5. The fourth-order valence-corrected chi connectivity index (χ4v) is 6.39. The van der Waals surface area contributed by atoms with Gasteiger partial charge in [-0.15, -0.1) is 10.2 Å². The standard InChI is InChI=1S/C30H34N8O/c1-21-5-4-9-37(17-21)18-22-11-26(28-32-8-10-38(28)19-22)29(39)34-25-7-3-6-24(12-25)30(13-23(14-30)16-31)15-27-35-33-20-36(27)2/h3,6-8,10-12,19-21,23H,4-5,9,13-15,17-18H2,1-2H3,(H,34,39)/t21-,23?,30?/m0/s1. The molecule has 9 heteroatoms. The van der Waals surface area contributed by atoms with E-state index in [1.54, 1.807) is 12.5 Å². The minimum Gasteiger partial charge on any atom is -0.322 e. The lowest BCUT2D eigenvalue weighted by Crippen LogP contribution is -2.43. The van der Waals surface area contributed by atoms with E-state index < -0.39 is 0 Å². The minimum atomic E-state index is -0.205. The second-order valence-corrected chi connectivity index (χ2v) is 11.5. The Balaban J connectivity index is 1.25. The van der Waals surface area contributed by atoms with Crippen LogP contribution in [0.25, 0.3) is 5.65 Å². The largest absolute Gasteiger partial charge is 0.322 e. The predicted molar refractivity (Wildman–Crippen MR) is 148 cm³/mol. The number of fused-ring (bicyclic) bond motifs is 1. The van der Waals surface area contributed by atoms with E-state index in [0.29, 0.717) is 23.5 Å². The molecular weight excluding hydrogens is 488 g/mol. The van der Waals surface area contributed by atoms with Crippen molar-refractivity contribution in [1.82, 2.24) is 29.0 Å². The maximum absolute atomic E-state index is 13.6. The fraction of sp³-hybridized carbons (Fsp3) is 0.433. The van der Waals surface area contributed by atoms with E-state index in [1.807, 2.05) is 46.5 Å². The molecule has 1 saturated carbocycles. The first kappa shape index (κ1) is 25.3. The number of piperidine rings is 1. The van der Waals surface area contributed by atoms with Gasteiger partial charge in [-0.25, -0.2) is 4.98 Å². The summed E-state index contributed by atoms with van der Waals surface area (Å²) >= 11 is 0. The first-order chi connectivity index (χ1) is 18.9. The van der Waals surface area contributed by atoms with Gasteiger partial charge in [0.05, 0.1) is 11.6 Å². The van der Waals surface area contributed by atoms with E-state index >= 15 is 0 Å². The smallest absolute Gasteiger partial charge is 0.259 e. The van der Waals surface area contributed by atoms with Crippen LogP contribution in [0.1, 0.15) is 59.9 Å². The first-order valence-corrected chi connectivity index (χ1v) is 13.7. The Labute approximate surface area is 228 Å². The Bertz CT molecular complexity index is 1540. The molecule has 6 rings (SSSR count). The van der Waals surface area contributed by atoms with Crippen molar-refractivity contribution in [1.29, 1.82) is 5.26 Å². The molecule has 1 amide bonds. The molecule has 39 heavy (non-hydrogen) atoms. The first-order valence-electron chi connectivity index (χ1n) is 13.7. The van der Waals surface area contributed by atoms with Gasteiger partial charge in [0.15, 0.2) is 0 Å². The predicted octanol–water partition coefficient (Wildman–Crippen LogP) is 4.36. The van der Waals surface area contributed by atoms with Gasteiger partial charge in [0, 0.05) is 62.2 Å². The molecule has 1 aliphatic heterocycles. The Kier molecular flexibility index (Phi) is 6.65. The number of nitriles is 1. The number of rotatable bonds is 7. The SMILES string of the molecule is C[C@H]1CCCN(Cc2cc(C(=O)Nc3cccc(C4(Cc5nncn5C)CC(C#N)C4)c3)c3nccn3c2)C1. The molecule has 0 unspecified atom stereocenters. The van der Waals surface area contributed by atoms with Crippen LogP contribution in [0.3, 0.4) is 0 Å². The molecule has 200 valence electrons. The Morgan fingerprint density at radius 1 is 1.28 bits per heavy atom. The molecule has 0 bridgehead atoms. The molecule has 1 atom stereocenters. The maximum Gasteiger partial charge on any atom is 0.259 e. The van der Waals surface area contributed by atoms with Gasteiger partial charge in [-0.2, -0.15) is 5.26 Å². The third-order valence-corrected chi connectivity index (χ3v) is 8.43. The van der Waals surface area contributed by atoms with Crippen LogP contribution in [-0.4, -0.2) is 48.0 Å². The number of nitrogens with zero attached hydrogens (tertiary/aromatic N) is 7. The van der Waals surface area contributed by atoms with Gasteiger partial charge < -0.3 is 14.3 Å². The lowest BCUT2D eigenvalue weighted by atomic mass is 9.57. The van der Waals surface area contributed by atoms with E-state index in [9.17, 15) is 10.1 Å². The van der Waals surface area contributed by atoms with Crippen molar-refractivity contribution in [2.24, 2.45) is 18.9 Å². The van der Waals surface area contributed by atoms with Crippen LogP contribution in [0.2, 0.25) is 0 Å². The number of hydrogen-bond acceptors (Lipinski definition) is 6. The average Bonchev–Trinajstić information content (AvgIpc) is 3.54. The van der Waals surface area contributed by atoms with Crippen molar-refractivity contribution in [2.75, 3.05) is 18.4 Å². The second-order valence-electron chi connectivity index (χ2n) is 11.5. The molecule has 3 aromatic heterocycles. The average molecular weight is 523 g/mol. The Morgan fingerprint density at radius 3 is 2.92 bits per heavy atom. The molecule has 0 radical (unpaired) electrons. The summed E-state index contributed by atoms with van der Waals surface area (Å²) in [6.07, 6.45) is 12.1. The number of aryl methyl sites for hydroxylation is 1. The van der Waals surface area contributed by atoms with Gasteiger partial charge in [-0.3, -0.25) is 9.69 Å². The summed E-state index contributed by atoms with van der Waals surface area (Å²) in [5, 5.41) is 21.0. The van der Waals surface area contributed by atoms with Crippen LogP contribution < -0.4 is 5.32 Å². The lowest BCUT2D eigenvalue weighted by Gasteiger charge is -2.45. The Hall–Kier alpha value is -4.03. The van der Waals surface area contributed by atoms with Crippen LogP contribution >= 0.6 is 0 Å². The van der Waals surface area contributed by atoms with Crippen molar-refractivity contribution < 1.29 is 4.79 Å². The monoisotopic (exact) mass is 522 g/mol. The number of anilines is 1. The van der Waals surface area contributed by atoms with Gasteiger partial charge in [0.2, 0.25) is 0 Å². The Morgan fingerprint density at radius 2 is 2.15 bits per heavy atom. The number of benzene rings is 1. The molecular formula is C30H34N8O. The summed E-state index contributed by atoms with van der Waals surface area (Å²) in [6.45, 7) is 5.29. The van der Waals surface area contributed by atoms with Gasteiger partial charge in [0.25, 0.3) is 5.91 Å². The number of likely N-dealkylation sites (tertiary alicyclic amines) is 1. The zero-order valence-electron chi connectivity index (χ0n) is 22.5. The highest BCUT2D eigenvalue weighted by molar-refractivity contribution is 6.08. The molecule has 2 fully saturated rings. The van der Waals surface area contributed by atoms with Crippen molar-refractivity contribution in [3.05, 3.63) is 77.8 Å². The van der Waals surface area contributed by atoms with Crippen molar-refractivity contribution in [3.8, 4) is 6.07 Å². The summed E-state index contributed by atoms with van der Waals surface area (Å²) in [5.41, 5.74) is 3.95. The van der Waals surface area contributed by atoms with Crippen LogP contribution in [0.15, 0.2) is 55.2 Å². The molecule has 4 heterocycles. The van der Waals surface area contributed by atoms with Gasteiger partial charge in [-0.1, -0.05) is 19.1 Å². The second kappa shape index (κ2) is 10.3. The molecule has 1 aliphatic carbocycles. The lowest BCUT2D eigenvalue weighted by molar-refractivity contribution is 0.102. The van der Waals surface area contributed by atoms with Gasteiger partial charge >= 0.3 is 0 Å². The highest BCUT2D eigenvalue weighted by atomic mass is 16.1. The van der Waals surface area contributed by atoms with E-state index in [-0.39, 0.29) is 17.2 Å². The number of carbonyl (C=O) groups excluding carboxylic acids is 1. The summed E-state index contributed by atoms with van der Waals surface area (Å²) in [4.78, 5) is 20.6. The number of amides is 1. The number of pyridine rings is 1. The summed E-state index contributed by atoms with van der Waals surface area (Å²) in [7, 11) is 1.94. The molecule has 4 aromatic rings. The van der Waals surface area contributed by atoms with Crippen molar-refractivity contribution in [3.63, 3.8) is 0 Å². The summed E-state index contributed by atoms with van der Waals surface area (Å²) < 4.78 is 3.88. The van der Waals surface area contributed by atoms with Crippen molar-refractivity contribution >= 4 is 17.2 Å². The highest BCUT2D eigenvalue weighted by Crippen LogP contribution is 2.50. The third kappa shape index (κ3) is 5.04. The fourth-order valence-electron chi connectivity index (χ4n) is 6.39. The van der Waals surface area contributed by atoms with Crippen LogP contribution in [0.5, 0.6) is 0 Å². The van der Waals surface area contributed by atoms with Gasteiger partial charge in [-0.05, 0) is 67.5 Å². The third-order valence-electron chi connectivity index (χ3n) is 8.43. The molecule has 2 aliphatic rings. The number of hydrogen-bond donors (Lipinski definition) is 1. The normalized spacial score (nSPS) is 23.3. The minimum absolute atomic E-state index is 0.0239. The zero-order chi connectivity index (χ0) is 27.0. The van der Waals surface area contributed by atoms with E-state index in [0.717, 1.165) is 55.1 Å². The zero-order valence-corrected chi connectivity index (χ0v) is 22.5. The maximum atomic E-state index is 13.6. The summed E-state index contributed by atoms with van der Waals surface area (Å²) in [5.74, 6) is 1.43. The highest BCUT2D eigenvalue weighted by Gasteiger charge is 2.46. The van der Waals surface area contributed by atoms with Gasteiger partial charge in [0.1, 0.15) is 17.8 Å². The van der Waals surface area contributed by atoms with Crippen molar-refractivity contribution in [2.45, 2.75) is 51.0 Å². The number of nitrogens with one attached hydrogen (secondary N) is 1.